The van der Waals surface area contributed by atoms with Crippen molar-refractivity contribution in [3.05, 3.63) is 71.3 Å². The van der Waals surface area contributed by atoms with Crippen LogP contribution < -0.4 is 4.74 Å². The minimum atomic E-state index is -0.861. The van der Waals surface area contributed by atoms with Crippen LogP contribution in [0.2, 0.25) is 0 Å². The van der Waals surface area contributed by atoms with Gasteiger partial charge in [-0.3, -0.25) is 14.8 Å². The average molecular weight is 449 g/mol. The maximum atomic E-state index is 11.4. The topological polar surface area (TPSA) is 90.1 Å². The molecule has 1 aromatic carbocycles. The van der Waals surface area contributed by atoms with E-state index in [2.05, 4.69) is 32.7 Å². The van der Waals surface area contributed by atoms with E-state index in [0.717, 1.165) is 41.3 Å². The zero-order chi connectivity index (χ0) is 23.8. The van der Waals surface area contributed by atoms with Crippen LogP contribution in [0.3, 0.4) is 0 Å². The van der Waals surface area contributed by atoms with Gasteiger partial charge in [0, 0.05) is 30.3 Å². The molecule has 1 aliphatic rings. The zero-order valence-electron chi connectivity index (χ0n) is 20.0. The van der Waals surface area contributed by atoms with E-state index in [9.17, 15) is 9.90 Å². The van der Waals surface area contributed by atoms with Gasteiger partial charge in [0.25, 0.3) is 0 Å². The third-order valence-electron chi connectivity index (χ3n) is 6.70. The number of imidazole rings is 1. The summed E-state index contributed by atoms with van der Waals surface area (Å²) in [4.78, 5) is 25.5. The Balaban J connectivity index is 1.50. The lowest BCUT2D eigenvalue weighted by Gasteiger charge is -2.39. The monoisotopic (exact) mass is 448 g/mol. The molecule has 7 heteroatoms. The number of hydrogen-bond donors (Lipinski definition) is 1. The Hall–Kier alpha value is -3.22. The van der Waals surface area contributed by atoms with Crippen LogP contribution in [0.15, 0.2) is 42.9 Å². The van der Waals surface area contributed by atoms with Crippen LogP contribution in [0, 0.1) is 0 Å². The molecule has 3 aromatic rings. The Labute approximate surface area is 194 Å². The lowest BCUT2D eigenvalue weighted by atomic mass is 9.67. The molecule has 4 rings (SSSR count). The summed E-state index contributed by atoms with van der Waals surface area (Å²) < 4.78 is 7.85. The number of rotatable bonds is 7. The molecule has 1 unspecified atom stereocenters. The van der Waals surface area contributed by atoms with Crippen LogP contribution in [0.1, 0.15) is 81.3 Å². The van der Waals surface area contributed by atoms with Gasteiger partial charge in [0.2, 0.25) is 0 Å². The molecule has 0 spiro atoms. The van der Waals surface area contributed by atoms with Crippen molar-refractivity contribution in [3.63, 3.8) is 0 Å². The van der Waals surface area contributed by atoms with Gasteiger partial charge in [0.15, 0.2) is 0 Å². The second-order valence-corrected chi connectivity index (χ2v) is 10.2. The van der Waals surface area contributed by atoms with E-state index in [4.69, 9.17) is 14.7 Å². The molecule has 7 nitrogen and oxygen atoms in total. The molecule has 33 heavy (non-hydrogen) atoms. The number of nitrogens with zero attached hydrogens (tertiary/aromatic N) is 4. The largest absolute Gasteiger partial charge is 0.487 e. The highest BCUT2D eigenvalue weighted by Gasteiger charge is 2.39. The Bertz CT molecular complexity index is 1150. The van der Waals surface area contributed by atoms with Gasteiger partial charge in [0.1, 0.15) is 18.2 Å². The van der Waals surface area contributed by atoms with E-state index in [0.29, 0.717) is 12.4 Å². The van der Waals surface area contributed by atoms with Crippen LogP contribution in [0.25, 0.3) is 0 Å². The fraction of sp³-hybridized carbons (Fsp3) is 0.462. The van der Waals surface area contributed by atoms with Crippen molar-refractivity contribution < 1.29 is 14.6 Å². The quantitative estimate of drug-likeness (QED) is 0.561. The number of carboxylic acids is 1. The smallest absolute Gasteiger partial charge is 0.304 e. The lowest BCUT2D eigenvalue weighted by molar-refractivity contribution is -0.137. The van der Waals surface area contributed by atoms with E-state index in [1.165, 1.54) is 0 Å². The highest BCUT2D eigenvalue weighted by Crippen LogP contribution is 2.43. The number of benzene rings is 1. The van der Waals surface area contributed by atoms with Crippen molar-refractivity contribution >= 4 is 5.97 Å². The molecular weight excluding hydrogens is 416 g/mol. The second-order valence-electron chi connectivity index (χ2n) is 10.2. The number of aliphatic carboxylic acids is 1. The van der Waals surface area contributed by atoms with E-state index in [1.54, 1.807) is 6.20 Å². The van der Waals surface area contributed by atoms with Crippen molar-refractivity contribution in [2.24, 2.45) is 7.05 Å². The van der Waals surface area contributed by atoms with Crippen LogP contribution in [0.5, 0.6) is 5.75 Å². The fourth-order valence-electron chi connectivity index (χ4n) is 4.52. The molecule has 2 heterocycles. The molecule has 1 aliphatic carbocycles. The van der Waals surface area contributed by atoms with Gasteiger partial charge in [-0.2, -0.15) is 0 Å². The molecule has 0 saturated carbocycles. The molecule has 174 valence electrons. The van der Waals surface area contributed by atoms with Crippen molar-refractivity contribution in [1.82, 2.24) is 19.5 Å². The van der Waals surface area contributed by atoms with Gasteiger partial charge in [-0.15, -0.1) is 0 Å². The summed E-state index contributed by atoms with van der Waals surface area (Å²) in [7, 11) is 1.87. The fourth-order valence-corrected chi connectivity index (χ4v) is 4.52. The summed E-state index contributed by atoms with van der Waals surface area (Å²) in [5.74, 6) is 0.238. The first-order valence-corrected chi connectivity index (χ1v) is 11.4. The van der Waals surface area contributed by atoms with E-state index in [1.807, 2.05) is 48.3 Å². The molecule has 0 fully saturated rings. The Kier molecular flexibility index (Phi) is 5.99. The number of hydrogen-bond acceptors (Lipinski definition) is 5. The first-order valence-electron chi connectivity index (χ1n) is 11.4. The van der Waals surface area contributed by atoms with Gasteiger partial charge in [0.05, 0.1) is 35.6 Å². The number of aromatic nitrogens is 4. The zero-order valence-corrected chi connectivity index (χ0v) is 20.0. The van der Waals surface area contributed by atoms with Gasteiger partial charge >= 0.3 is 5.97 Å². The molecule has 0 saturated heterocycles. The molecule has 0 bridgehead atoms. The maximum absolute atomic E-state index is 11.4. The molecule has 1 N–H and O–H groups in total. The highest BCUT2D eigenvalue weighted by atomic mass is 16.5. The summed E-state index contributed by atoms with van der Waals surface area (Å²) in [6.07, 6.45) is 7.49. The molecule has 0 aliphatic heterocycles. The van der Waals surface area contributed by atoms with Gasteiger partial charge in [-0.1, -0.05) is 39.8 Å². The van der Waals surface area contributed by atoms with Crippen LogP contribution in [-0.4, -0.2) is 30.6 Å². The maximum Gasteiger partial charge on any atom is 0.304 e. The normalized spacial score (nSPS) is 17.2. The van der Waals surface area contributed by atoms with Crippen LogP contribution in [-0.2, 0) is 29.3 Å². The predicted octanol–water partition coefficient (Wildman–Crippen LogP) is 4.74. The van der Waals surface area contributed by atoms with Crippen molar-refractivity contribution in [2.75, 3.05) is 0 Å². The Morgan fingerprint density at radius 2 is 1.76 bits per heavy atom. The van der Waals surface area contributed by atoms with Gasteiger partial charge in [-0.05, 0) is 30.5 Å². The predicted molar refractivity (Wildman–Crippen MR) is 125 cm³/mol. The summed E-state index contributed by atoms with van der Waals surface area (Å²) in [5, 5.41) is 9.38. The first kappa shape index (κ1) is 23.0. The minimum absolute atomic E-state index is 0.000356. The standard InChI is InChI=1S/C26H32N4O3/c1-25(2)10-11-26(3,4)23-22(25)28-15-18(29-23)16-33-19-8-6-17(7-9-19)20(14-21(31)32)24-27-12-13-30(24)5/h6-9,12-13,15,20H,10-11,14,16H2,1-5H3,(H,31,32). The number of aryl methyl sites for hydroxylation is 1. The number of carbonyl (C=O) groups is 1. The van der Waals surface area contributed by atoms with E-state index < -0.39 is 5.97 Å². The minimum Gasteiger partial charge on any atom is -0.487 e. The Morgan fingerprint density at radius 1 is 1.09 bits per heavy atom. The number of ether oxygens (including phenoxy) is 1. The number of fused-ring (bicyclic) bond motifs is 1. The first-order chi connectivity index (χ1) is 15.6. The third-order valence-corrected chi connectivity index (χ3v) is 6.70. The molecule has 0 amide bonds. The summed E-state index contributed by atoms with van der Waals surface area (Å²) in [6.45, 7) is 9.25. The van der Waals surface area contributed by atoms with Crippen LogP contribution in [0.4, 0.5) is 0 Å². The Morgan fingerprint density at radius 3 is 2.36 bits per heavy atom. The van der Waals surface area contributed by atoms with Crippen molar-refractivity contribution in [3.8, 4) is 5.75 Å². The average Bonchev–Trinajstić information content (AvgIpc) is 3.20. The molecular formula is C26H32N4O3. The second kappa shape index (κ2) is 8.61. The molecule has 2 aromatic heterocycles. The molecule has 1 atom stereocenters. The summed E-state index contributed by atoms with van der Waals surface area (Å²) in [6, 6.07) is 7.54. The van der Waals surface area contributed by atoms with Gasteiger partial charge in [-0.25, -0.2) is 4.98 Å². The summed E-state index contributed by atoms with van der Waals surface area (Å²) >= 11 is 0. The highest BCUT2D eigenvalue weighted by molar-refractivity contribution is 5.68. The lowest BCUT2D eigenvalue weighted by Crippen LogP contribution is -2.36. The van der Waals surface area contributed by atoms with Crippen LogP contribution >= 0.6 is 0 Å². The van der Waals surface area contributed by atoms with Crippen molar-refractivity contribution in [1.29, 1.82) is 0 Å². The third kappa shape index (κ3) is 4.77. The number of carboxylic acid groups (broad SMARTS) is 1. The van der Waals surface area contributed by atoms with Gasteiger partial charge < -0.3 is 14.4 Å². The van der Waals surface area contributed by atoms with E-state index >= 15 is 0 Å². The summed E-state index contributed by atoms with van der Waals surface area (Å²) in [5.41, 5.74) is 3.89. The van der Waals surface area contributed by atoms with E-state index in [-0.39, 0.29) is 23.2 Å². The molecule has 0 radical (unpaired) electrons. The SMILES string of the molecule is Cn1ccnc1C(CC(=O)O)c1ccc(OCc2cnc3c(n2)C(C)(C)CCC3(C)C)cc1. The van der Waals surface area contributed by atoms with Crippen molar-refractivity contribution in [2.45, 2.75) is 70.3 Å².